The number of benzene rings is 2. The third kappa shape index (κ3) is 5.37. The number of carbonyl (C=O) groups excluding carboxylic acids is 1. The van der Waals surface area contributed by atoms with Crippen LogP contribution in [-0.2, 0) is 21.4 Å². The molecule has 9 nitrogen and oxygen atoms in total. The van der Waals surface area contributed by atoms with E-state index < -0.39 is 15.6 Å². The van der Waals surface area contributed by atoms with Gasteiger partial charge in [0.1, 0.15) is 6.54 Å². The van der Waals surface area contributed by atoms with Gasteiger partial charge in [-0.3, -0.25) is 14.2 Å². The number of fused-ring (bicyclic) bond motifs is 1. The number of rotatable bonds is 5. The summed E-state index contributed by atoms with van der Waals surface area (Å²) < 4.78 is 29.1. The molecule has 5 rings (SSSR count). The molecule has 37 heavy (non-hydrogen) atoms. The Balaban J connectivity index is 1.30. The number of hydrogen-bond donors (Lipinski definition) is 0. The average Bonchev–Trinajstić information content (AvgIpc) is 2.90. The van der Waals surface area contributed by atoms with Gasteiger partial charge in [-0.25, -0.2) is 13.4 Å². The summed E-state index contributed by atoms with van der Waals surface area (Å²) in [7, 11) is -3.71. The van der Waals surface area contributed by atoms with E-state index in [1.807, 2.05) is 24.3 Å². The van der Waals surface area contributed by atoms with Crippen molar-refractivity contribution in [1.29, 1.82) is 0 Å². The second-order valence-electron chi connectivity index (χ2n) is 9.79. The van der Waals surface area contributed by atoms with Gasteiger partial charge >= 0.3 is 0 Å². The minimum atomic E-state index is -3.71. The van der Waals surface area contributed by atoms with Gasteiger partial charge in [0, 0.05) is 50.0 Å². The molecule has 1 aromatic heterocycles. The lowest BCUT2D eigenvalue weighted by Crippen LogP contribution is -2.50. The Labute approximate surface area is 221 Å². The summed E-state index contributed by atoms with van der Waals surface area (Å²) in [5.74, 6) is 0.317. The van der Waals surface area contributed by atoms with Gasteiger partial charge in [0.2, 0.25) is 15.9 Å². The minimum Gasteiger partial charge on any atom is -0.368 e. The number of amides is 1. The lowest BCUT2D eigenvalue weighted by atomic mass is 10.0. The highest BCUT2D eigenvalue weighted by molar-refractivity contribution is 7.89. The SMILES string of the molecule is CC1CCN(S(=O)(=O)c2ccc3ncn(CC(=O)N4CCN(c5cccc(Cl)c5)CC4)c(=O)c3c2)CC1. The number of piperazine rings is 1. The van der Waals surface area contributed by atoms with E-state index in [1.165, 1.54) is 27.3 Å². The Morgan fingerprint density at radius 2 is 1.76 bits per heavy atom. The predicted octanol–water partition coefficient (Wildman–Crippen LogP) is 2.82. The summed E-state index contributed by atoms with van der Waals surface area (Å²) in [6.45, 7) is 5.28. The van der Waals surface area contributed by atoms with Crippen LogP contribution in [0.3, 0.4) is 0 Å². The first-order valence-corrected chi connectivity index (χ1v) is 14.3. The molecule has 2 aliphatic heterocycles. The average molecular weight is 544 g/mol. The van der Waals surface area contributed by atoms with Crippen molar-refractivity contribution in [3.05, 3.63) is 64.2 Å². The van der Waals surface area contributed by atoms with Crippen LogP contribution in [0.4, 0.5) is 5.69 Å². The number of anilines is 1. The summed E-state index contributed by atoms with van der Waals surface area (Å²) in [5, 5.41) is 0.855. The van der Waals surface area contributed by atoms with Gasteiger partial charge in [-0.2, -0.15) is 4.31 Å². The first-order chi connectivity index (χ1) is 17.7. The van der Waals surface area contributed by atoms with E-state index >= 15 is 0 Å². The fourth-order valence-corrected chi connectivity index (χ4v) is 6.60. The molecular formula is C26H30ClN5O4S. The zero-order valence-electron chi connectivity index (χ0n) is 20.7. The Morgan fingerprint density at radius 3 is 2.46 bits per heavy atom. The molecule has 1 amide bonds. The molecule has 0 atom stereocenters. The normalized spacial score (nSPS) is 17.9. The zero-order chi connectivity index (χ0) is 26.2. The molecule has 2 aromatic carbocycles. The molecule has 0 spiro atoms. The van der Waals surface area contributed by atoms with Crippen LogP contribution in [0.15, 0.2) is 58.5 Å². The lowest BCUT2D eigenvalue weighted by molar-refractivity contribution is -0.132. The summed E-state index contributed by atoms with van der Waals surface area (Å²) >= 11 is 6.10. The Bertz CT molecular complexity index is 1480. The third-order valence-corrected chi connectivity index (χ3v) is 9.42. The molecule has 196 valence electrons. The van der Waals surface area contributed by atoms with E-state index in [-0.39, 0.29) is 22.7 Å². The highest BCUT2D eigenvalue weighted by Crippen LogP contribution is 2.25. The fraction of sp³-hybridized carbons (Fsp3) is 0.423. The van der Waals surface area contributed by atoms with Crippen LogP contribution in [0.5, 0.6) is 0 Å². The first kappa shape index (κ1) is 25.7. The molecule has 2 fully saturated rings. The number of piperidine rings is 1. The minimum absolute atomic E-state index is 0.0784. The molecule has 2 aliphatic rings. The molecule has 0 bridgehead atoms. The zero-order valence-corrected chi connectivity index (χ0v) is 22.3. The van der Waals surface area contributed by atoms with Gasteiger partial charge < -0.3 is 9.80 Å². The molecule has 0 aliphatic carbocycles. The van der Waals surface area contributed by atoms with Crippen molar-refractivity contribution >= 4 is 44.1 Å². The number of carbonyl (C=O) groups is 1. The molecular weight excluding hydrogens is 514 g/mol. The lowest BCUT2D eigenvalue weighted by Gasteiger charge is -2.36. The Kier molecular flexibility index (Phi) is 7.24. The van der Waals surface area contributed by atoms with E-state index in [9.17, 15) is 18.0 Å². The summed E-state index contributed by atoms with van der Waals surface area (Å²) in [6, 6.07) is 12.1. The third-order valence-electron chi connectivity index (χ3n) is 7.29. The van der Waals surface area contributed by atoms with Crippen LogP contribution in [0, 0.1) is 5.92 Å². The maximum absolute atomic E-state index is 13.2. The molecule has 0 saturated carbocycles. The van der Waals surface area contributed by atoms with Crippen LogP contribution in [0.2, 0.25) is 5.02 Å². The molecule has 2 saturated heterocycles. The summed E-state index contributed by atoms with van der Waals surface area (Å²) in [6.07, 6.45) is 2.98. The van der Waals surface area contributed by atoms with E-state index in [1.54, 1.807) is 11.0 Å². The maximum Gasteiger partial charge on any atom is 0.261 e. The van der Waals surface area contributed by atoms with Gasteiger partial charge in [-0.1, -0.05) is 24.6 Å². The summed E-state index contributed by atoms with van der Waals surface area (Å²) in [5.41, 5.74) is 0.981. The number of sulfonamides is 1. The molecule has 0 N–H and O–H groups in total. The second-order valence-corrected chi connectivity index (χ2v) is 12.2. The molecule has 0 radical (unpaired) electrons. The highest BCUT2D eigenvalue weighted by atomic mass is 35.5. The number of hydrogen-bond acceptors (Lipinski definition) is 6. The summed E-state index contributed by atoms with van der Waals surface area (Å²) in [4.78, 5) is 34.5. The van der Waals surface area contributed by atoms with Gasteiger partial charge in [-0.15, -0.1) is 0 Å². The van der Waals surface area contributed by atoms with Crippen LogP contribution >= 0.6 is 11.6 Å². The van der Waals surface area contributed by atoms with Gasteiger partial charge in [0.05, 0.1) is 22.1 Å². The van der Waals surface area contributed by atoms with Crippen LogP contribution in [-0.4, -0.2) is 72.3 Å². The van der Waals surface area contributed by atoms with Crippen LogP contribution in [0.25, 0.3) is 10.9 Å². The van der Waals surface area contributed by atoms with Crippen molar-refractivity contribution in [2.45, 2.75) is 31.2 Å². The van der Waals surface area contributed by atoms with E-state index in [2.05, 4.69) is 16.8 Å². The largest absolute Gasteiger partial charge is 0.368 e. The first-order valence-electron chi connectivity index (χ1n) is 12.5. The van der Waals surface area contributed by atoms with E-state index in [0.29, 0.717) is 55.7 Å². The highest BCUT2D eigenvalue weighted by Gasteiger charge is 2.29. The van der Waals surface area contributed by atoms with E-state index in [4.69, 9.17) is 11.6 Å². The standard InChI is InChI=1S/C26H30ClN5O4S/c1-19-7-9-32(10-8-19)37(35,36)22-5-6-24-23(16-22)26(34)31(18-28-24)17-25(33)30-13-11-29(12-14-30)21-4-2-3-20(27)15-21/h2-6,15-16,18-19H,7-14,17H2,1H3. The molecule has 3 heterocycles. The van der Waals surface area contributed by atoms with Crippen molar-refractivity contribution in [3.63, 3.8) is 0 Å². The molecule has 0 unspecified atom stereocenters. The number of aromatic nitrogens is 2. The predicted molar refractivity (Wildman–Crippen MR) is 143 cm³/mol. The van der Waals surface area contributed by atoms with E-state index in [0.717, 1.165) is 18.5 Å². The topological polar surface area (TPSA) is 95.8 Å². The van der Waals surface area contributed by atoms with Crippen molar-refractivity contribution in [2.24, 2.45) is 5.92 Å². The van der Waals surface area contributed by atoms with Crippen molar-refractivity contribution < 1.29 is 13.2 Å². The number of nitrogens with zero attached hydrogens (tertiary/aromatic N) is 5. The smallest absolute Gasteiger partial charge is 0.261 e. The number of halogens is 1. The van der Waals surface area contributed by atoms with Crippen LogP contribution < -0.4 is 10.5 Å². The van der Waals surface area contributed by atoms with Crippen LogP contribution in [0.1, 0.15) is 19.8 Å². The van der Waals surface area contributed by atoms with Gasteiger partial charge in [-0.05, 0) is 55.2 Å². The van der Waals surface area contributed by atoms with Gasteiger partial charge in [0.25, 0.3) is 5.56 Å². The van der Waals surface area contributed by atoms with Gasteiger partial charge in [0.15, 0.2) is 0 Å². The molecule has 3 aromatic rings. The Hall–Kier alpha value is -2.95. The maximum atomic E-state index is 13.2. The van der Waals surface area contributed by atoms with Crippen molar-refractivity contribution in [3.8, 4) is 0 Å². The van der Waals surface area contributed by atoms with Crippen molar-refractivity contribution in [2.75, 3.05) is 44.2 Å². The van der Waals surface area contributed by atoms with Crippen molar-refractivity contribution in [1.82, 2.24) is 18.8 Å². The quantitative estimate of drug-likeness (QED) is 0.491. The molecule has 11 heteroatoms. The Morgan fingerprint density at radius 1 is 1.03 bits per heavy atom. The second kappa shape index (κ2) is 10.4. The fourth-order valence-electron chi connectivity index (χ4n) is 4.92. The monoisotopic (exact) mass is 543 g/mol.